The van der Waals surface area contributed by atoms with Crippen molar-refractivity contribution in [1.29, 1.82) is 0 Å². The lowest BCUT2D eigenvalue weighted by atomic mass is 9.91. The number of piperidine rings is 1. The minimum absolute atomic E-state index is 0.304. The van der Waals surface area contributed by atoms with Crippen molar-refractivity contribution in [2.24, 2.45) is 11.8 Å². The van der Waals surface area contributed by atoms with E-state index in [0.717, 1.165) is 41.9 Å². The van der Waals surface area contributed by atoms with Crippen LogP contribution in [0.15, 0.2) is 64.5 Å². The Labute approximate surface area is 178 Å². The zero-order valence-electron chi connectivity index (χ0n) is 17.8. The first-order valence-corrected chi connectivity index (χ1v) is 12.0. The SMILES string of the molecule is CCOc1ccc2[nH+]cc(S(=O)(=O)c3ccccc3)c(N3C[C@H](C)C[C@H](C)C3)c2c1. The molecular formula is C24H29N2O3S+. The highest BCUT2D eigenvalue weighted by Crippen LogP contribution is 2.38. The highest BCUT2D eigenvalue weighted by atomic mass is 32.2. The minimum Gasteiger partial charge on any atom is -0.494 e. The van der Waals surface area contributed by atoms with Crippen molar-refractivity contribution >= 4 is 26.4 Å². The Bertz CT molecular complexity index is 1140. The fraction of sp³-hybridized carbons (Fsp3) is 0.375. The van der Waals surface area contributed by atoms with Crippen molar-refractivity contribution in [3.63, 3.8) is 0 Å². The van der Waals surface area contributed by atoms with E-state index in [0.29, 0.717) is 28.2 Å². The van der Waals surface area contributed by atoms with Crippen molar-refractivity contribution < 1.29 is 18.1 Å². The first-order chi connectivity index (χ1) is 14.4. The number of nitrogens with zero attached hydrogens (tertiary/aromatic N) is 1. The molecule has 30 heavy (non-hydrogen) atoms. The molecule has 1 fully saturated rings. The van der Waals surface area contributed by atoms with Gasteiger partial charge in [-0.15, -0.1) is 0 Å². The highest BCUT2D eigenvalue weighted by molar-refractivity contribution is 7.91. The lowest BCUT2D eigenvalue weighted by molar-refractivity contribution is -0.347. The van der Waals surface area contributed by atoms with Crippen LogP contribution < -0.4 is 14.6 Å². The summed E-state index contributed by atoms with van der Waals surface area (Å²) in [4.78, 5) is 6.08. The average molecular weight is 426 g/mol. The molecule has 4 rings (SSSR count). The predicted octanol–water partition coefficient (Wildman–Crippen LogP) is 4.37. The number of anilines is 1. The molecule has 2 aromatic carbocycles. The Kier molecular flexibility index (Phi) is 5.69. The fourth-order valence-corrected chi connectivity index (χ4v) is 6.03. The standard InChI is InChI=1S/C24H28N2O3S/c1-4-29-19-10-11-22-21(13-19)24(26-15-17(2)12-18(3)16-26)23(14-25-22)30(27,28)20-8-6-5-7-9-20/h5-11,13-14,17-18H,4,12,15-16H2,1-3H3/p+1/t17-,18+. The number of aromatic amines is 1. The van der Waals surface area contributed by atoms with E-state index >= 15 is 0 Å². The van der Waals surface area contributed by atoms with Crippen LogP contribution in [0.1, 0.15) is 27.2 Å². The van der Waals surface area contributed by atoms with Crippen LogP contribution in [0.25, 0.3) is 10.9 Å². The van der Waals surface area contributed by atoms with E-state index in [1.54, 1.807) is 30.5 Å². The van der Waals surface area contributed by atoms with Gasteiger partial charge in [-0.05, 0) is 49.4 Å². The van der Waals surface area contributed by atoms with Gasteiger partial charge in [-0.25, -0.2) is 13.4 Å². The van der Waals surface area contributed by atoms with E-state index in [1.807, 2.05) is 31.2 Å². The topological polar surface area (TPSA) is 60.8 Å². The number of benzene rings is 2. The third kappa shape index (κ3) is 3.88. The molecule has 0 radical (unpaired) electrons. The number of pyridine rings is 1. The molecule has 1 saturated heterocycles. The molecule has 1 aliphatic heterocycles. The van der Waals surface area contributed by atoms with Crippen LogP contribution in [0, 0.1) is 11.8 Å². The molecule has 0 saturated carbocycles. The molecule has 1 aliphatic rings. The van der Waals surface area contributed by atoms with Crippen LogP contribution in [-0.2, 0) is 9.84 Å². The van der Waals surface area contributed by atoms with Gasteiger partial charge < -0.3 is 9.64 Å². The molecular weight excluding hydrogens is 396 g/mol. The van der Waals surface area contributed by atoms with Gasteiger partial charge in [0.2, 0.25) is 15.4 Å². The molecule has 2 atom stereocenters. The summed E-state index contributed by atoms with van der Waals surface area (Å²) >= 11 is 0. The van der Waals surface area contributed by atoms with E-state index in [9.17, 15) is 8.42 Å². The summed E-state index contributed by atoms with van der Waals surface area (Å²) in [6.45, 7) is 8.64. The first kappa shape index (κ1) is 20.7. The van der Waals surface area contributed by atoms with E-state index in [4.69, 9.17) is 4.74 Å². The minimum atomic E-state index is -3.68. The van der Waals surface area contributed by atoms with Gasteiger partial charge in [0.15, 0.2) is 11.1 Å². The second-order valence-electron chi connectivity index (χ2n) is 8.31. The summed E-state index contributed by atoms with van der Waals surface area (Å²) in [5.41, 5.74) is 1.67. The Balaban J connectivity index is 1.98. The Morgan fingerprint density at radius 3 is 2.43 bits per heavy atom. The molecule has 0 spiro atoms. The highest BCUT2D eigenvalue weighted by Gasteiger charge is 2.32. The van der Waals surface area contributed by atoms with Gasteiger partial charge in [0.1, 0.15) is 5.75 Å². The van der Waals surface area contributed by atoms with Crippen LogP contribution >= 0.6 is 0 Å². The fourth-order valence-electron chi connectivity index (χ4n) is 4.55. The van der Waals surface area contributed by atoms with Crippen molar-refractivity contribution in [2.75, 3.05) is 24.6 Å². The van der Waals surface area contributed by atoms with Crippen LogP contribution in [0.3, 0.4) is 0 Å². The van der Waals surface area contributed by atoms with Crippen LogP contribution in [0.5, 0.6) is 5.75 Å². The van der Waals surface area contributed by atoms with Gasteiger partial charge in [0, 0.05) is 19.2 Å². The van der Waals surface area contributed by atoms with Crippen molar-refractivity contribution in [3.05, 3.63) is 54.7 Å². The van der Waals surface area contributed by atoms with Crippen molar-refractivity contribution in [1.82, 2.24) is 0 Å². The van der Waals surface area contributed by atoms with Crippen molar-refractivity contribution in [2.45, 2.75) is 37.0 Å². The van der Waals surface area contributed by atoms with Gasteiger partial charge in [0.25, 0.3) is 0 Å². The summed E-state index contributed by atoms with van der Waals surface area (Å²) in [5.74, 6) is 1.73. The van der Waals surface area contributed by atoms with Gasteiger partial charge in [0.05, 0.1) is 22.6 Å². The van der Waals surface area contributed by atoms with Crippen LogP contribution in [0.2, 0.25) is 0 Å². The average Bonchev–Trinajstić information content (AvgIpc) is 2.73. The van der Waals surface area contributed by atoms with Gasteiger partial charge in [-0.1, -0.05) is 32.0 Å². The largest absolute Gasteiger partial charge is 0.494 e. The van der Waals surface area contributed by atoms with E-state index in [2.05, 4.69) is 23.7 Å². The summed E-state index contributed by atoms with van der Waals surface area (Å²) in [7, 11) is -3.68. The van der Waals surface area contributed by atoms with Crippen LogP contribution in [-0.4, -0.2) is 28.1 Å². The molecule has 1 N–H and O–H groups in total. The molecule has 5 nitrogen and oxygen atoms in total. The monoisotopic (exact) mass is 425 g/mol. The maximum absolute atomic E-state index is 13.6. The summed E-state index contributed by atoms with van der Waals surface area (Å²) < 4.78 is 33.0. The maximum Gasteiger partial charge on any atom is 0.214 e. The number of sulfone groups is 1. The molecule has 0 amide bonds. The lowest BCUT2D eigenvalue weighted by Crippen LogP contribution is -2.39. The number of fused-ring (bicyclic) bond motifs is 1. The molecule has 0 unspecified atom stereocenters. The molecule has 0 bridgehead atoms. The van der Waals surface area contributed by atoms with Gasteiger partial charge >= 0.3 is 0 Å². The molecule has 158 valence electrons. The zero-order valence-corrected chi connectivity index (χ0v) is 18.6. The first-order valence-electron chi connectivity index (χ1n) is 10.6. The number of hydrogen-bond acceptors (Lipinski definition) is 4. The Hall–Kier alpha value is -2.60. The maximum atomic E-state index is 13.6. The number of rotatable bonds is 5. The van der Waals surface area contributed by atoms with E-state index in [1.165, 1.54) is 0 Å². The Morgan fingerprint density at radius 1 is 1.07 bits per heavy atom. The zero-order chi connectivity index (χ0) is 21.3. The van der Waals surface area contributed by atoms with Crippen LogP contribution in [0.4, 0.5) is 5.69 Å². The number of hydrogen-bond donors (Lipinski definition) is 0. The number of ether oxygens (including phenoxy) is 1. The second-order valence-corrected chi connectivity index (χ2v) is 10.2. The number of aromatic nitrogens is 1. The number of nitrogens with one attached hydrogen (secondary N) is 1. The normalized spacial score (nSPS) is 19.8. The summed E-state index contributed by atoms with van der Waals surface area (Å²) in [6.07, 6.45) is 2.79. The molecule has 2 heterocycles. The Morgan fingerprint density at radius 2 is 1.77 bits per heavy atom. The van der Waals surface area contributed by atoms with Gasteiger partial charge in [-0.2, -0.15) is 0 Å². The smallest absolute Gasteiger partial charge is 0.214 e. The molecule has 0 aliphatic carbocycles. The van der Waals surface area contributed by atoms with E-state index < -0.39 is 9.84 Å². The van der Waals surface area contributed by atoms with Gasteiger partial charge in [-0.3, -0.25) is 0 Å². The quantitative estimate of drug-likeness (QED) is 0.609. The third-order valence-corrected chi connectivity index (χ3v) is 7.46. The molecule has 3 aromatic rings. The second kappa shape index (κ2) is 8.26. The third-order valence-electron chi connectivity index (χ3n) is 5.68. The molecule has 6 heteroatoms. The number of H-pyrrole nitrogens is 1. The lowest BCUT2D eigenvalue weighted by Gasteiger charge is -2.37. The summed E-state index contributed by atoms with van der Waals surface area (Å²) in [6, 6.07) is 14.5. The van der Waals surface area contributed by atoms with E-state index in [-0.39, 0.29) is 0 Å². The summed E-state index contributed by atoms with van der Waals surface area (Å²) in [5, 5.41) is 0.874. The molecule has 1 aromatic heterocycles. The van der Waals surface area contributed by atoms with Crippen molar-refractivity contribution in [3.8, 4) is 5.75 Å². The predicted molar refractivity (Wildman–Crippen MR) is 119 cm³/mol.